The van der Waals surface area contributed by atoms with E-state index in [9.17, 15) is 8.42 Å². The Morgan fingerprint density at radius 3 is 2.26 bits per heavy atom. The first-order chi connectivity index (χ1) is 8.58. The van der Waals surface area contributed by atoms with Gasteiger partial charge in [-0.1, -0.05) is 44.0 Å². The summed E-state index contributed by atoms with van der Waals surface area (Å²) in [5.41, 5.74) is 5.34. The van der Waals surface area contributed by atoms with E-state index < -0.39 is 10.0 Å². The molecule has 0 saturated carbocycles. The Bertz CT molecular complexity index is 553. The van der Waals surface area contributed by atoms with Gasteiger partial charge in [0, 0.05) is 12.6 Å². The van der Waals surface area contributed by atoms with Crippen molar-refractivity contribution in [2.45, 2.75) is 31.7 Å². The highest BCUT2D eigenvalue weighted by Crippen LogP contribution is 2.26. The fourth-order valence-electron chi connectivity index (χ4n) is 1.48. The maximum atomic E-state index is 12.2. The Morgan fingerprint density at radius 1 is 1.26 bits per heavy atom. The van der Waals surface area contributed by atoms with Crippen LogP contribution in [0.15, 0.2) is 23.1 Å². The molecule has 7 heteroatoms. The number of hydrogen-bond donors (Lipinski definition) is 2. The van der Waals surface area contributed by atoms with Crippen LogP contribution in [0.25, 0.3) is 0 Å². The molecule has 0 bridgehead atoms. The summed E-state index contributed by atoms with van der Waals surface area (Å²) < 4.78 is 27.1. The Balaban J connectivity index is 3.07. The number of nitrogens with one attached hydrogen (secondary N) is 1. The van der Waals surface area contributed by atoms with Crippen LogP contribution in [-0.2, 0) is 10.0 Å². The SMILES string of the molecule is CC(C)(C)C(CN)NS(=O)(=O)c1ccc(Cl)c(Cl)c1. The van der Waals surface area contributed by atoms with Gasteiger partial charge < -0.3 is 5.73 Å². The number of sulfonamides is 1. The van der Waals surface area contributed by atoms with Crippen LogP contribution in [0.4, 0.5) is 0 Å². The standard InChI is InChI=1S/C12H18Cl2N2O2S/c1-12(2,3)11(7-15)16-19(17,18)8-4-5-9(13)10(14)6-8/h4-6,11,16H,7,15H2,1-3H3. The van der Waals surface area contributed by atoms with Crippen LogP contribution in [0.1, 0.15) is 20.8 Å². The van der Waals surface area contributed by atoms with Crippen molar-refractivity contribution in [2.24, 2.45) is 11.1 Å². The van der Waals surface area contributed by atoms with Crippen LogP contribution in [-0.4, -0.2) is 21.0 Å². The van der Waals surface area contributed by atoms with Gasteiger partial charge in [0.05, 0.1) is 14.9 Å². The smallest absolute Gasteiger partial charge is 0.240 e. The second-order valence-electron chi connectivity index (χ2n) is 5.35. The van der Waals surface area contributed by atoms with Crippen LogP contribution < -0.4 is 10.5 Å². The maximum absolute atomic E-state index is 12.2. The van der Waals surface area contributed by atoms with E-state index in [1.807, 2.05) is 20.8 Å². The van der Waals surface area contributed by atoms with E-state index in [0.717, 1.165) is 0 Å². The first-order valence-electron chi connectivity index (χ1n) is 5.75. The largest absolute Gasteiger partial charge is 0.329 e. The molecular formula is C12H18Cl2N2O2S. The summed E-state index contributed by atoms with van der Waals surface area (Å²) in [6, 6.07) is 3.81. The molecule has 1 rings (SSSR count). The average molecular weight is 325 g/mol. The minimum absolute atomic E-state index is 0.0737. The molecule has 1 unspecified atom stereocenters. The van der Waals surface area contributed by atoms with Crippen molar-refractivity contribution in [2.75, 3.05) is 6.54 Å². The van der Waals surface area contributed by atoms with Gasteiger partial charge in [0.25, 0.3) is 0 Å². The highest BCUT2D eigenvalue weighted by atomic mass is 35.5. The van der Waals surface area contributed by atoms with E-state index in [1.54, 1.807) is 0 Å². The maximum Gasteiger partial charge on any atom is 0.240 e. The first kappa shape index (κ1) is 16.7. The Hall–Kier alpha value is -0.330. The molecule has 3 N–H and O–H groups in total. The highest BCUT2D eigenvalue weighted by molar-refractivity contribution is 7.89. The van der Waals surface area contributed by atoms with E-state index in [2.05, 4.69) is 4.72 Å². The van der Waals surface area contributed by atoms with Crippen molar-refractivity contribution in [1.82, 2.24) is 4.72 Å². The quantitative estimate of drug-likeness (QED) is 0.894. The van der Waals surface area contributed by atoms with E-state index >= 15 is 0 Å². The van der Waals surface area contributed by atoms with Crippen molar-refractivity contribution < 1.29 is 8.42 Å². The summed E-state index contributed by atoms with van der Waals surface area (Å²) in [6.45, 7) is 5.97. The van der Waals surface area contributed by atoms with Crippen LogP contribution in [0, 0.1) is 5.41 Å². The van der Waals surface area contributed by atoms with Crippen molar-refractivity contribution in [3.63, 3.8) is 0 Å². The highest BCUT2D eigenvalue weighted by Gasteiger charge is 2.28. The van der Waals surface area contributed by atoms with Gasteiger partial charge in [-0.25, -0.2) is 13.1 Å². The van der Waals surface area contributed by atoms with Gasteiger partial charge in [0.15, 0.2) is 0 Å². The monoisotopic (exact) mass is 324 g/mol. The molecule has 19 heavy (non-hydrogen) atoms. The zero-order valence-electron chi connectivity index (χ0n) is 11.1. The molecule has 108 valence electrons. The third-order valence-corrected chi connectivity index (χ3v) is 4.99. The zero-order chi connectivity index (χ0) is 14.8. The lowest BCUT2D eigenvalue weighted by Gasteiger charge is -2.30. The first-order valence-corrected chi connectivity index (χ1v) is 7.99. The zero-order valence-corrected chi connectivity index (χ0v) is 13.4. The molecule has 0 heterocycles. The average Bonchev–Trinajstić information content (AvgIpc) is 2.28. The number of hydrogen-bond acceptors (Lipinski definition) is 3. The third-order valence-electron chi connectivity index (χ3n) is 2.78. The molecule has 1 aromatic carbocycles. The Labute approximate surface area is 124 Å². The van der Waals surface area contributed by atoms with E-state index in [0.29, 0.717) is 5.02 Å². The third kappa shape index (κ3) is 4.33. The predicted octanol–water partition coefficient (Wildman–Crippen LogP) is 2.65. The van der Waals surface area contributed by atoms with Crippen LogP contribution in [0.2, 0.25) is 10.0 Å². The lowest BCUT2D eigenvalue weighted by Crippen LogP contribution is -2.48. The summed E-state index contributed by atoms with van der Waals surface area (Å²) in [6.07, 6.45) is 0. The van der Waals surface area contributed by atoms with Crippen molar-refractivity contribution in [3.8, 4) is 0 Å². The van der Waals surface area contributed by atoms with Gasteiger partial charge in [0.1, 0.15) is 0 Å². The fraction of sp³-hybridized carbons (Fsp3) is 0.500. The minimum Gasteiger partial charge on any atom is -0.329 e. The molecule has 0 spiro atoms. The predicted molar refractivity (Wildman–Crippen MR) is 79.1 cm³/mol. The number of benzene rings is 1. The number of nitrogens with two attached hydrogens (primary N) is 1. The van der Waals surface area contributed by atoms with Gasteiger partial charge in [0.2, 0.25) is 10.0 Å². The van der Waals surface area contributed by atoms with Gasteiger partial charge in [-0.15, -0.1) is 0 Å². The minimum atomic E-state index is -3.67. The molecule has 0 saturated heterocycles. The summed E-state index contributed by atoms with van der Waals surface area (Å²) in [5, 5.41) is 0.511. The molecule has 1 atom stereocenters. The number of rotatable bonds is 4. The van der Waals surface area contributed by atoms with Crippen LogP contribution in [0.5, 0.6) is 0 Å². The Kier molecular flexibility index (Phi) is 5.26. The summed E-state index contributed by atoms with van der Waals surface area (Å²) in [5.74, 6) is 0. The van der Waals surface area contributed by atoms with Crippen LogP contribution in [0.3, 0.4) is 0 Å². The second-order valence-corrected chi connectivity index (χ2v) is 7.88. The second kappa shape index (κ2) is 5.97. The fourth-order valence-corrected chi connectivity index (χ4v) is 3.32. The van der Waals surface area contributed by atoms with E-state index in [1.165, 1.54) is 18.2 Å². The lowest BCUT2D eigenvalue weighted by atomic mass is 9.88. The molecule has 0 amide bonds. The molecule has 0 aliphatic carbocycles. The van der Waals surface area contributed by atoms with Crippen molar-refractivity contribution in [1.29, 1.82) is 0 Å². The summed E-state index contributed by atoms with van der Waals surface area (Å²) in [4.78, 5) is 0.0737. The van der Waals surface area contributed by atoms with E-state index in [4.69, 9.17) is 28.9 Å². The van der Waals surface area contributed by atoms with Crippen molar-refractivity contribution in [3.05, 3.63) is 28.2 Å². The van der Waals surface area contributed by atoms with Crippen LogP contribution >= 0.6 is 23.2 Å². The van der Waals surface area contributed by atoms with E-state index in [-0.39, 0.29) is 27.9 Å². The Morgan fingerprint density at radius 2 is 1.84 bits per heavy atom. The molecule has 0 aliphatic heterocycles. The molecule has 0 aliphatic rings. The normalized spacial score (nSPS) is 14.4. The van der Waals surface area contributed by atoms with Gasteiger partial charge in [-0.3, -0.25) is 0 Å². The van der Waals surface area contributed by atoms with Gasteiger partial charge >= 0.3 is 0 Å². The molecule has 0 aromatic heterocycles. The van der Waals surface area contributed by atoms with Gasteiger partial charge in [-0.05, 0) is 23.6 Å². The summed E-state index contributed by atoms with van der Waals surface area (Å²) in [7, 11) is -3.67. The molecule has 4 nitrogen and oxygen atoms in total. The molecule has 1 aromatic rings. The molecule has 0 fully saturated rings. The molecule has 0 radical (unpaired) electrons. The number of halogens is 2. The molecular weight excluding hydrogens is 307 g/mol. The lowest BCUT2D eigenvalue weighted by molar-refractivity contribution is 0.304. The summed E-state index contributed by atoms with van der Waals surface area (Å²) >= 11 is 11.6. The van der Waals surface area contributed by atoms with Crippen molar-refractivity contribution >= 4 is 33.2 Å². The van der Waals surface area contributed by atoms with Gasteiger partial charge in [-0.2, -0.15) is 0 Å². The topological polar surface area (TPSA) is 72.2 Å².